The number of thiophene rings is 1. The van der Waals surface area contributed by atoms with Crippen molar-refractivity contribution >= 4 is 23.2 Å². The van der Waals surface area contributed by atoms with Gasteiger partial charge in [-0.1, -0.05) is 0 Å². The lowest BCUT2D eigenvalue weighted by Gasteiger charge is -2.21. The number of amides is 2. The van der Waals surface area contributed by atoms with Crippen molar-refractivity contribution in [3.05, 3.63) is 46.5 Å². The lowest BCUT2D eigenvalue weighted by molar-refractivity contribution is -0.122. The average Bonchev–Trinajstić information content (AvgIpc) is 3.17. The minimum Gasteiger partial charge on any atom is -0.466 e. The van der Waals surface area contributed by atoms with Crippen LogP contribution < -0.4 is 10.6 Å². The van der Waals surface area contributed by atoms with Gasteiger partial charge in [-0.05, 0) is 30.5 Å². The number of hydrogen-bond donors (Lipinski definition) is 3. The zero-order valence-corrected chi connectivity index (χ0v) is 13.0. The molecule has 0 saturated heterocycles. The van der Waals surface area contributed by atoms with Crippen molar-refractivity contribution in [3.63, 3.8) is 0 Å². The molecule has 0 fully saturated rings. The van der Waals surface area contributed by atoms with E-state index in [0.717, 1.165) is 0 Å². The first-order valence-corrected chi connectivity index (χ1v) is 7.77. The van der Waals surface area contributed by atoms with Crippen molar-refractivity contribution in [2.24, 2.45) is 0 Å². The van der Waals surface area contributed by atoms with Gasteiger partial charge in [0, 0.05) is 23.9 Å². The molecule has 0 aliphatic rings. The molecular weight excluding hydrogens is 304 g/mol. The van der Waals surface area contributed by atoms with E-state index in [4.69, 9.17) is 4.42 Å². The quantitative estimate of drug-likeness (QED) is 0.720. The van der Waals surface area contributed by atoms with E-state index in [-0.39, 0.29) is 31.3 Å². The maximum absolute atomic E-state index is 11.7. The van der Waals surface area contributed by atoms with Gasteiger partial charge in [-0.2, -0.15) is 11.3 Å². The Balaban J connectivity index is 1.69. The van der Waals surface area contributed by atoms with Crippen LogP contribution in [-0.2, 0) is 10.4 Å². The number of furan rings is 1. The maximum Gasteiger partial charge on any atom is 0.252 e. The van der Waals surface area contributed by atoms with Crippen molar-refractivity contribution in [1.29, 1.82) is 0 Å². The van der Waals surface area contributed by atoms with Gasteiger partial charge in [-0.25, -0.2) is 0 Å². The first-order chi connectivity index (χ1) is 10.5. The summed E-state index contributed by atoms with van der Waals surface area (Å²) in [4.78, 5) is 23.4. The Kier molecular flexibility index (Phi) is 5.35. The summed E-state index contributed by atoms with van der Waals surface area (Å²) < 4.78 is 5.13. The van der Waals surface area contributed by atoms with Crippen molar-refractivity contribution < 1.29 is 19.1 Å². The fraction of sp³-hybridized carbons (Fsp3) is 0.333. The second kappa shape index (κ2) is 7.24. The van der Waals surface area contributed by atoms with Crippen LogP contribution in [0.25, 0.3) is 0 Å². The van der Waals surface area contributed by atoms with E-state index >= 15 is 0 Å². The Bertz CT molecular complexity index is 606. The molecule has 0 aliphatic heterocycles. The third-order valence-corrected chi connectivity index (χ3v) is 3.79. The lowest BCUT2D eigenvalue weighted by Crippen LogP contribution is -2.39. The third-order valence-electron chi connectivity index (χ3n) is 3.10. The largest absolute Gasteiger partial charge is 0.466 e. The van der Waals surface area contributed by atoms with Gasteiger partial charge in [-0.15, -0.1) is 0 Å². The highest BCUT2D eigenvalue weighted by molar-refractivity contribution is 7.08. The molecule has 0 bridgehead atoms. The second-order valence-electron chi connectivity index (χ2n) is 5.05. The maximum atomic E-state index is 11.7. The van der Waals surface area contributed by atoms with Gasteiger partial charge in [0.25, 0.3) is 5.91 Å². The van der Waals surface area contributed by atoms with Crippen LogP contribution in [-0.4, -0.2) is 30.0 Å². The normalized spacial score (nSPS) is 13.4. The Morgan fingerprint density at radius 3 is 2.82 bits per heavy atom. The molecule has 2 aromatic heterocycles. The van der Waals surface area contributed by atoms with E-state index in [9.17, 15) is 14.7 Å². The molecule has 118 valence electrons. The molecule has 2 amide bonds. The first kappa shape index (κ1) is 16.3. The van der Waals surface area contributed by atoms with Crippen LogP contribution in [0.5, 0.6) is 0 Å². The fourth-order valence-electron chi connectivity index (χ4n) is 1.82. The van der Waals surface area contributed by atoms with Crippen LogP contribution in [0.1, 0.15) is 29.5 Å². The number of carbonyl (C=O) groups is 2. The zero-order chi connectivity index (χ0) is 16.0. The van der Waals surface area contributed by atoms with Crippen LogP contribution in [0.2, 0.25) is 0 Å². The van der Waals surface area contributed by atoms with Crippen molar-refractivity contribution in [2.75, 3.05) is 13.1 Å². The first-order valence-electron chi connectivity index (χ1n) is 6.82. The Morgan fingerprint density at radius 2 is 2.18 bits per heavy atom. The molecule has 0 aromatic carbocycles. The standard InChI is InChI=1S/C15H18N2O4S/c1-15(20,12-3-2-7-21-12)10-17-13(18)4-6-16-14(19)11-5-8-22-9-11/h2-3,5,7-9,20H,4,6,10H2,1H3,(H,16,19)(H,17,18). The van der Waals surface area contributed by atoms with Crippen molar-refractivity contribution in [1.82, 2.24) is 10.6 Å². The fourth-order valence-corrected chi connectivity index (χ4v) is 2.45. The highest BCUT2D eigenvalue weighted by Gasteiger charge is 2.26. The minimum absolute atomic E-state index is 0.0395. The summed E-state index contributed by atoms with van der Waals surface area (Å²) in [7, 11) is 0. The molecule has 7 heteroatoms. The summed E-state index contributed by atoms with van der Waals surface area (Å²) in [6.07, 6.45) is 1.61. The topological polar surface area (TPSA) is 91.6 Å². The van der Waals surface area contributed by atoms with Gasteiger partial charge in [0.1, 0.15) is 11.4 Å². The van der Waals surface area contributed by atoms with Crippen LogP contribution in [0.4, 0.5) is 0 Å². The van der Waals surface area contributed by atoms with Gasteiger partial charge >= 0.3 is 0 Å². The smallest absolute Gasteiger partial charge is 0.252 e. The van der Waals surface area contributed by atoms with Crippen molar-refractivity contribution in [3.8, 4) is 0 Å². The lowest BCUT2D eigenvalue weighted by atomic mass is 10.0. The van der Waals surface area contributed by atoms with Gasteiger partial charge in [-0.3, -0.25) is 9.59 Å². The predicted octanol–water partition coefficient (Wildman–Crippen LogP) is 1.48. The van der Waals surface area contributed by atoms with E-state index in [0.29, 0.717) is 11.3 Å². The third kappa shape index (κ3) is 4.44. The summed E-state index contributed by atoms with van der Waals surface area (Å²) in [6, 6.07) is 5.04. The molecule has 2 aromatic rings. The van der Waals surface area contributed by atoms with Gasteiger partial charge in [0.15, 0.2) is 0 Å². The summed E-state index contributed by atoms with van der Waals surface area (Å²) in [6.45, 7) is 1.84. The van der Waals surface area contributed by atoms with Crippen LogP contribution in [0.15, 0.2) is 39.6 Å². The average molecular weight is 322 g/mol. The van der Waals surface area contributed by atoms with Crippen LogP contribution >= 0.6 is 11.3 Å². The summed E-state index contributed by atoms with van der Waals surface area (Å²) >= 11 is 1.44. The van der Waals surface area contributed by atoms with E-state index in [1.807, 2.05) is 5.38 Å². The van der Waals surface area contributed by atoms with Crippen LogP contribution in [0.3, 0.4) is 0 Å². The van der Waals surface area contributed by atoms with E-state index in [2.05, 4.69) is 10.6 Å². The van der Waals surface area contributed by atoms with Gasteiger partial charge in [0.05, 0.1) is 12.8 Å². The molecule has 3 N–H and O–H groups in total. The summed E-state index contributed by atoms with van der Waals surface area (Å²) in [5.74, 6) is -0.0624. The molecule has 6 nitrogen and oxygen atoms in total. The SMILES string of the molecule is CC(O)(CNC(=O)CCNC(=O)c1ccsc1)c1ccco1. The molecule has 0 aliphatic carbocycles. The van der Waals surface area contributed by atoms with E-state index in [1.54, 1.807) is 30.5 Å². The molecule has 2 heterocycles. The number of aliphatic hydroxyl groups is 1. The highest BCUT2D eigenvalue weighted by Crippen LogP contribution is 2.19. The molecule has 0 spiro atoms. The Morgan fingerprint density at radius 1 is 1.36 bits per heavy atom. The number of rotatable bonds is 7. The van der Waals surface area contributed by atoms with E-state index in [1.165, 1.54) is 17.6 Å². The Labute approximate surface area is 132 Å². The molecule has 1 atom stereocenters. The molecule has 0 saturated carbocycles. The molecule has 22 heavy (non-hydrogen) atoms. The second-order valence-corrected chi connectivity index (χ2v) is 5.83. The molecule has 1 unspecified atom stereocenters. The molecular formula is C15H18N2O4S. The Hall–Kier alpha value is -2.12. The highest BCUT2D eigenvalue weighted by atomic mass is 32.1. The van der Waals surface area contributed by atoms with Crippen molar-refractivity contribution in [2.45, 2.75) is 18.9 Å². The number of nitrogens with one attached hydrogen (secondary N) is 2. The summed E-state index contributed by atoms with van der Waals surface area (Å²) in [5.41, 5.74) is -0.676. The number of carbonyl (C=O) groups excluding carboxylic acids is 2. The molecule has 0 radical (unpaired) electrons. The zero-order valence-electron chi connectivity index (χ0n) is 12.2. The number of hydrogen-bond acceptors (Lipinski definition) is 5. The monoisotopic (exact) mass is 322 g/mol. The van der Waals surface area contributed by atoms with Crippen LogP contribution in [0, 0.1) is 0 Å². The van der Waals surface area contributed by atoms with Gasteiger partial charge < -0.3 is 20.2 Å². The molecule has 2 rings (SSSR count). The minimum atomic E-state index is -1.26. The summed E-state index contributed by atoms with van der Waals surface area (Å²) in [5, 5.41) is 19.0. The predicted molar refractivity (Wildman–Crippen MR) is 82.6 cm³/mol. The van der Waals surface area contributed by atoms with Gasteiger partial charge in [0.2, 0.25) is 5.91 Å². The van der Waals surface area contributed by atoms with E-state index < -0.39 is 5.60 Å².